The van der Waals surface area contributed by atoms with Gasteiger partial charge < -0.3 is 4.90 Å². The highest BCUT2D eigenvalue weighted by atomic mass is 35.5. The lowest BCUT2D eigenvalue weighted by Crippen LogP contribution is -2.24. The molecular formula is C16H16ClN3S. The average molecular weight is 318 g/mol. The van der Waals surface area contributed by atoms with E-state index < -0.39 is 0 Å². The molecule has 0 saturated carbocycles. The van der Waals surface area contributed by atoms with Crippen molar-refractivity contribution in [2.45, 2.75) is 24.3 Å². The fraction of sp³-hybridized carbons (Fsp3) is 0.375. The second-order valence-electron chi connectivity index (χ2n) is 5.62. The number of benzene rings is 1. The molecule has 0 atom stereocenters. The largest absolute Gasteiger partial charge is 0.374 e. The Labute approximate surface area is 133 Å². The van der Waals surface area contributed by atoms with Gasteiger partial charge in [-0.15, -0.1) is 0 Å². The second kappa shape index (κ2) is 5.18. The van der Waals surface area contributed by atoms with Crippen LogP contribution in [-0.4, -0.2) is 23.6 Å². The van der Waals surface area contributed by atoms with Crippen LogP contribution in [-0.2, 0) is 17.9 Å². The summed E-state index contributed by atoms with van der Waals surface area (Å²) in [5.74, 6) is 2.64. The topological polar surface area (TPSA) is 29.0 Å². The summed E-state index contributed by atoms with van der Waals surface area (Å²) in [6, 6.07) is 6.52. The fourth-order valence-corrected chi connectivity index (χ4v) is 4.44. The van der Waals surface area contributed by atoms with Gasteiger partial charge in [0, 0.05) is 41.9 Å². The lowest BCUT2D eigenvalue weighted by atomic mass is 9.99. The first-order valence-electron chi connectivity index (χ1n) is 7.20. The van der Waals surface area contributed by atoms with Gasteiger partial charge in [0.05, 0.1) is 5.69 Å². The molecule has 0 amide bonds. The lowest BCUT2D eigenvalue weighted by Gasteiger charge is -2.27. The van der Waals surface area contributed by atoms with Crippen LogP contribution < -0.4 is 4.90 Å². The number of thioether (sulfide) groups is 1. The maximum atomic E-state index is 6.32. The molecule has 2 aliphatic heterocycles. The third kappa shape index (κ3) is 2.30. The molecule has 4 rings (SSSR count). The highest BCUT2D eigenvalue weighted by Gasteiger charge is 2.20. The van der Waals surface area contributed by atoms with E-state index in [0.717, 1.165) is 47.1 Å². The first kappa shape index (κ1) is 13.4. The summed E-state index contributed by atoms with van der Waals surface area (Å²) in [6.07, 6.45) is 2.33. The highest BCUT2D eigenvalue weighted by molar-refractivity contribution is 7.98. The lowest BCUT2D eigenvalue weighted by molar-refractivity contribution is 0.744. The summed E-state index contributed by atoms with van der Waals surface area (Å²) < 4.78 is 0. The van der Waals surface area contributed by atoms with E-state index in [1.165, 1.54) is 17.7 Å². The molecule has 2 aromatic rings. The van der Waals surface area contributed by atoms with Gasteiger partial charge in [0.2, 0.25) is 0 Å². The summed E-state index contributed by atoms with van der Waals surface area (Å²) in [5, 5.41) is 0.620. The zero-order valence-electron chi connectivity index (χ0n) is 11.9. The molecule has 3 heterocycles. The van der Waals surface area contributed by atoms with Gasteiger partial charge in [-0.1, -0.05) is 11.6 Å². The Morgan fingerprint density at radius 2 is 2.14 bits per heavy atom. The fourth-order valence-electron chi connectivity index (χ4n) is 3.07. The first-order valence-corrected chi connectivity index (χ1v) is 8.73. The van der Waals surface area contributed by atoms with Crippen LogP contribution in [0.4, 0.5) is 5.69 Å². The predicted molar refractivity (Wildman–Crippen MR) is 89.1 cm³/mol. The van der Waals surface area contributed by atoms with Crippen LogP contribution in [0.3, 0.4) is 0 Å². The number of hydrogen-bond donors (Lipinski definition) is 0. The van der Waals surface area contributed by atoms with E-state index in [2.05, 4.69) is 35.1 Å². The average Bonchev–Trinajstić information content (AvgIpc) is 2.96. The number of aromatic nitrogens is 2. The Balaban J connectivity index is 1.79. The molecule has 0 aliphatic carbocycles. The molecule has 0 saturated heterocycles. The molecule has 21 heavy (non-hydrogen) atoms. The molecule has 0 unspecified atom stereocenters. The smallest absolute Gasteiger partial charge is 0.161 e. The quantitative estimate of drug-likeness (QED) is 0.745. The van der Waals surface area contributed by atoms with Crippen molar-refractivity contribution in [3.05, 3.63) is 40.2 Å². The Morgan fingerprint density at radius 3 is 3.05 bits per heavy atom. The minimum Gasteiger partial charge on any atom is -0.374 e. The van der Waals surface area contributed by atoms with Crippen LogP contribution in [0.5, 0.6) is 0 Å². The number of hydrogen-bond acceptors (Lipinski definition) is 4. The van der Waals surface area contributed by atoms with Crippen LogP contribution in [0, 0.1) is 0 Å². The maximum Gasteiger partial charge on any atom is 0.161 e. The van der Waals surface area contributed by atoms with Crippen molar-refractivity contribution in [3.63, 3.8) is 0 Å². The van der Waals surface area contributed by atoms with Crippen LogP contribution >= 0.6 is 23.4 Å². The molecule has 1 aromatic carbocycles. The molecule has 3 nitrogen and oxygen atoms in total. The molecule has 0 spiro atoms. The molecule has 5 heteroatoms. The molecule has 0 bridgehead atoms. The standard InChI is InChI=1S/C16H16ClN3S/c1-20-6-2-3-10-7-11(4-5-14(10)20)16-18-13-9-21-8-12(13)15(17)19-16/h4-5,7H,2-3,6,8-9H2,1H3. The van der Waals surface area contributed by atoms with Crippen LogP contribution in [0.1, 0.15) is 23.2 Å². The third-order valence-electron chi connectivity index (χ3n) is 4.22. The van der Waals surface area contributed by atoms with E-state index >= 15 is 0 Å². The molecule has 1 aromatic heterocycles. The SMILES string of the molecule is CN1CCCc2cc(-c3nc(Cl)c4c(n3)CSC4)ccc21. The minimum atomic E-state index is 0.620. The summed E-state index contributed by atoms with van der Waals surface area (Å²) in [6.45, 7) is 1.13. The van der Waals surface area contributed by atoms with Crippen LogP contribution in [0.2, 0.25) is 5.15 Å². The normalized spacial score (nSPS) is 16.8. The highest BCUT2D eigenvalue weighted by Crippen LogP contribution is 2.35. The number of halogens is 1. The van der Waals surface area contributed by atoms with Crippen molar-refractivity contribution in [3.8, 4) is 11.4 Å². The molecule has 0 fully saturated rings. The predicted octanol–water partition coefficient (Wildman–Crippen LogP) is 3.93. The Bertz CT molecular complexity index is 717. The zero-order valence-corrected chi connectivity index (χ0v) is 13.5. The van der Waals surface area contributed by atoms with E-state index in [1.54, 1.807) is 0 Å². The summed E-state index contributed by atoms with van der Waals surface area (Å²) >= 11 is 8.17. The van der Waals surface area contributed by atoms with Gasteiger partial charge in [-0.2, -0.15) is 11.8 Å². The number of rotatable bonds is 1. The number of nitrogens with zero attached hydrogens (tertiary/aromatic N) is 3. The molecule has 0 N–H and O–H groups in total. The van der Waals surface area contributed by atoms with Crippen molar-refractivity contribution in [1.29, 1.82) is 0 Å². The van der Waals surface area contributed by atoms with Gasteiger partial charge in [0.1, 0.15) is 5.15 Å². The zero-order chi connectivity index (χ0) is 14.4. The Hall–Kier alpha value is -1.26. The van der Waals surface area contributed by atoms with E-state index in [0.29, 0.717) is 5.15 Å². The number of anilines is 1. The van der Waals surface area contributed by atoms with E-state index in [-0.39, 0.29) is 0 Å². The van der Waals surface area contributed by atoms with Crippen LogP contribution in [0.25, 0.3) is 11.4 Å². The van der Waals surface area contributed by atoms with Gasteiger partial charge in [-0.3, -0.25) is 0 Å². The Kier molecular flexibility index (Phi) is 3.31. The third-order valence-corrected chi connectivity index (χ3v) is 5.50. The second-order valence-corrected chi connectivity index (χ2v) is 6.97. The molecular weight excluding hydrogens is 302 g/mol. The van der Waals surface area contributed by atoms with E-state index in [1.807, 2.05) is 11.8 Å². The van der Waals surface area contributed by atoms with Crippen molar-refractivity contribution < 1.29 is 0 Å². The first-order chi connectivity index (χ1) is 10.2. The van der Waals surface area contributed by atoms with Gasteiger partial charge in [-0.05, 0) is 36.6 Å². The molecule has 0 radical (unpaired) electrons. The van der Waals surface area contributed by atoms with Crippen molar-refractivity contribution in [2.75, 3.05) is 18.5 Å². The summed E-state index contributed by atoms with van der Waals surface area (Å²) in [5.41, 5.74) is 6.00. The minimum absolute atomic E-state index is 0.620. The van der Waals surface area contributed by atoms with Crippen molar-refractivity contribution in [1.82, 2.24) is 9.97 Å². The number of fused-ring (bicyclic) bond motifs is 2. The van der Waals surface area contributed by atoms with Crippen LogP contribution in [0.15, 0.2) is 18.2 Å². The molecule has 2 aliphatic rings. The van der Waals surface area contributed by atoms with E-state index in [4.69, 9.17) is 16.6 Å². The van der Waals surface area contributed by atoms with Crippen molar-refractivity contribution >= 4 is 29.1 Å². The monoisotopic (exact) mass is 317 g/mol. The van der Waals surface area contributed by atoms with Gasteiger partial charge >= 0.3 is 0 Å². The maximum absolute atomic E-state index is 6.32. The van der Waals surface area contributed by atoms with E-state index in [9.17, 15) is 0 Å². The van der Waals surface area contributed by atoms with Gasteiger partial charge in [0.15, 0.2) is 5.82 Å². The molecule has 108 valence electrons. The van der Waals surface area contributed by atoms with Gasteiger partial charge in [-0.25, -0.2) is 9.97 Å². The summed E-state index contributed by atoms with van der Waals surface area (Å²) in [4.78, 5) is 11.5. The summed E-state index contributed by atoms with van der Waals surface area (Å²) in [7, 11) is 2.15. The van der Waals surface area contributed by atoms with Gasteiger partial charge in [0.25, 0.3) is 0 Å². The number of aryl methyl sites for hydroxylation is 1. The Morgan fingerprint density at radius 1 is 1.24 bits per heavy atom. The van der Waals surface area contributed by atoms with Crippen molar-refractivity contribution in [2.24, 2.45) is 0 Å².